The maximum atomic E-state index is 12.5. The quantitative estimate of drug-likeness (QED) is 0.770. The van der Waals surface area contributed by atoms with Crippen LogP contribution in [0, 0.1) is 0 Å². The van der Waals surface area contributed by atoms with Gasteiger partial charge in [-0.2, -0.15) is 0 Å². The number of hydrogen-bond acceptors (Lipinski definition) is 3. The molecule has 0 bridgehead atoms. The molecule has 2 aliphatic carbocycles. The van der Waals surface area contributed by atoms with Gasteiger partial charge >= 0.3 is 0 Å². The first-order valence-corrected chi connectivity index (χ1v) is 9.48. The van der Waals surface area contributed by atoms with E-state index in [9.17, 15) is 13.2 Å². The third kappa shape index (κ3) is 2.72. The SMILES string of the molecule is O=C(CCN1CCCS1(=O)=O)N(C1CCC1)C1CCC1. The molecule has 0 spiro atoms. The summed E-state index contributed by atoms with van der Waals surface area (Å²) in [5.74, 6) is 0.414. The number of hydrogen-bond donors (Lipinski definition) is 0. The molecule has 3 rings (SSSR count). The molecule has 0 atom stereocenters. The fraction of sp³-hybridized carbons (Fsp3) is 0.929. The minimum absolute atomic E-state index is 0.168. The largest absolute Gasteiger partial charge is 0.337 e. The van der Waals surface area contributed by atoms with Crippen LogP contribution in [0.25, 0.3) is 0 Å². The molecule has 3 fully saturated rings. The predicted octanol–water partition coefficient (Wildman–Crippen LogP) is 1.35. The highest BCUT2D eigenvalue weighted by Gasteiger charge is 2.37. The van der Waals surface area contributed by atoms with Gasteiger partial charge in [0, 0.05) is 31.6 Å². The van der Waals surface area contributed by atoms with Crippen LogP contribution in [0.1, 0.15) is 51.4 Å². The molecule has 5 nitrogen and oxygen atoms in total. The van der Waals surface area contributed by atoms with Crippen molar-refractivity contribution in [3.05, 3.63) is 0 Å². The van der Waals surface area contributed by atoms with Crippen molar-refractivity contribution in [2.75, 3.05) is 18.8 Å². The molecule has 0 unspecified atom stereocenters. The fourth-order valence-corrected chi connectivity index (χ4v) is 4.86. The van der Waals surface area contributed by atoms with Gasteiger partial charge in [0.2, 0.25) is 15.9 Å². The standard InChI is InChI=1S/C14H24N2O3S/c17-14(8-10-15-9-3-11-20(15,18)19)16(12-4-1-5-12)13-6-2-7-13/h12-13H,1-11H2. The van der Waals surface area contributed by atoms with Crippen molar-refractivity contribution in [1.29, 1.82) is 0 Å². The second-order valence-corrected chi connectivity index (χ2v) is 8.38. The molecular formula is C14H24N2O3S. The van der Waals surface area contributed by atoms with Crippen LogP contribution in [-0.4, -0.2) is 54.5 Å². The Balaban J connectivity index is 1.56. The van der Waals surface area contributed by atoms with E-state index in [0.29, 0.717) is 38.0 Å². The number of amides is 1. The first-order chi connectivity index (χ1) is 9.58. The third-order valence-electron chi connectivity index (χ3n) is 5.00. The summed E-state index contributed by atoms with van der Waals surface area (Å²) in [5, 5.41) is 0. The molecule has 0 N–H and O–H groups in total. The second kappa shape index (κ2) is 5.64. The van der Waals surface area contributed by atoms with Crippen LogP contribution in [0.3, 0.4) is 0 Å². The molecule has 1 aliphatic heterocycles. The van der Waals surface area contributed by atoms with E-state index in [4.69, 9.17) is 0 Å². The molecule has 114 valence electrons. The lowest BCUT2D eigenvalue weighted by Crippen LogP contribution is -2.53. The Bertz CT molecular complexity index is 455. The molecule has 1 amide bonds. The van der Waals surface area contributed by atoms with E-state index in [-0.39, 0.29) is 11.7 Å². The van der Waals surface area contributed by atoms with Crippen molar-refractivity contribution < 1.29 is 13.2 Å². The lowest BCUT2D eigenvalue weighted by atomic mass is 9.84. The van der Waals surface area contributed by atoms with Gasteiger partial charge in [0.15, 0.2) is 0 Å². The minimum Gasteiger partial charge on any atom is -0.337 e. The van der Waals surface area contributed by atoms with Crippen molar-refractivity contribution in [3.63, 3.8) is 0 Å². The average Bonchev–Trinajstić information content (AvgIpc) is 2.59. The monoisotopic (exact) mass is 300 g/mol. The van der Waals surface area contributed by atoms with Crippen LogP contribution in [0.4, 0.5) is 0 Å². The van der Waals surface area contributed by atoms with Gasteiger partial charge in [-0.3, -0.25) is 4.79 Å². The zero-order chi connectivity index (χ0) is 14.2. The molecule has 6 heteroatoms. The van der Waals surface area contributed by atoms with Crippen LogP contribution < -0.4 is 0 Å². The fourth-order valence-electron chi connectivity index (χ4n) is 3.33. The Morgan fingerprint density at radius 1 is 1.05 bits per heavy atom. The molecule has 0 aromatic rings. The molecule has 3 aliphatic rings. The van der Waals surface area contributed by atoms with Crippen LogP contribution in [-0.2, 0) is 14.8 Å². The van der Waals surface area contributed by atoms with Crippen molar-refractivity contribution >= 4 is 15.9 Å². The second-order valence-electron chi connectivity index (χ2n) is 6.29. The van der Waals surface area contributed by atoms with Crippen LogP contribution >= 0.6 is 0 Å². The van der Waals surface area contributed by atoms with Crippen LogP contribution in [0.2, 0.25) is 0 Å². The topological polar surface area (TPSA) is 57.7 Å². The lowest BCUT2D eigenvalue weighted by molar-refractivity contribution is -0.140. The third-order valence-corrected chi connectivity index (χ3v) is 6.96. The highest BCUT2D eigenvalue weighted by molar-refractivity contribution is 7.89. The van der Waals surface area contributed by atoms with Crippen molar-refractivity contribution in [3.8, 4) is 0 Å². The zero-order valence-electron chi connectivity index (χ0n) is 12.0. The summed E-state index contributed by atoms with van der Waals surface area (Å²) in [5.41, 5.74) is 0. The number of nitrogens with zero attached hydrogens (tertiary/aromatic N) is 2. The molecule has 0 aromatic carbocycles. The molecular weight excluding hydrogens is 276 g/mol. The van der Waals surface area contributed by atoms with E-state index >= 15 is 0 Å². The molecule has 0 radical (unpaired) electrons. The first kappa shape index (κ1) is 14.3. The lowest BCUT2D eigenvalue weighted by Gasteiger charge is -2.46. The zero-order valence-corrected chi connectivity index (χ0v) is 12.8. The highest BCUT2D eigenvalue weighted by Crippen LogP contribution is 2.34. The first-order valence-electron chi connectivity index (χ1n) is 7.87. The van der Waals surface area contributed by atoms with E-state index in [0.717, 1.165) is 25.7 Å². The molecule has 0 aromatic heterocycles. The Morgan fingerprint density at radius 3 is 2.05 bits per heavy atom. The molecule has 1 heterocycles. The van der Waals surface area contributed by atoms with Crippen molar-refractivity contribution in [1.82, 2.24) is 9.21 Å². The van der Waals surface area contributed by atoms with Gasteiger partial charge in [0.1, 0.15) is 0 Å². The summed E-state index contributed by atoms with van der Waals surface area (Å²) in [6.45, 7) is 0.958. The van der Waals surface area contributed by atoms with Gasteiger partial charge in [-0.05, 0) is 44.9 Å². The summed E-state index contributed by atoms with van der Waals surface area (Å²) >= 11 is 0. The van der Waals surface area contributed by atoms with E-state index in [2.05, 4.69) is 4.90 Å². The van der Waals surface area contributed by atoms with Crippen LogP contribution in [0.15, 0.2) is 0 Å². The van der Waals surface area contributed by atoms with Gasteiger partial charge < -0.3 is 4.90 Å². The van der Waals surface area contributed by atoms with Crippen molar-refractivity contribution in [2.45, 2.75) is 63.5 Å². The molecule has 20 heavy (non-hydrogen) atoms. The molecule has 1 saturated heterocycles. The van der Waals surface area contributed by atoms with Gasteiger partial charge in [-0.15, -0.1) is 0 Å². The van der Waals surface area contributed by atoms with E-state index in [1.807, 2.05) is 0 Å². The smallest absolute Gasteiger partial charge is 0.224 e. The van der Waals surface area contributed by atoms with Crippen molar-refractivity contribution in [2.24, 2.45) is 0 Å². The van der Waals surface area contributed by atoms with E-state index in [1.165, 1.54) is 17.1 Å². The number of carbonyl (C=O) groups excluding carboxylic acids is 1. The highest BCUT2D eigenvalue weighted by atomic mass is 32.2. The maximum Gasteiger partial charge on any atom is 0.224 e. The Morgan fingerprint density at radius 2 is 1.65 bits per heavy atom. The Kier molecular flexibility index (Phi) is 4.04. The van der Waals surface area contributed by atoms with Gasteiger partial charge in [-0.25, -0.2) is 12.7 Å². The average molecular weight is 300 g/mol. The normalized spacial score (nSPS) is 27.0. The van der Waals surface area contributed by atoms with Gasteiger partial charge in [0.25, 0.3) is 0 Å². The predicted molar refractivity (Wildman–Crippen MR) is 76.7 cm³/mol. The number of carbonyl (C=O) groups is 1. The maximum absolute atomic E-state index is 12.5. The van der Waals surface area contributed by atoms with Crippen LogP contribution in [0.5, 0.6) is 0 Å². The van der Waals surface area contributed by atoms with E-state index in [1.54, 1.807) is 0 Å². The van der Waals surface area contributed by atoms with Gasteiger partial charge in [-0.1, -0.05) is 0 Å². The summed E-state index contributed by atoms with van der Waals surface area (Å²) < 4.78 is 25.0. The minimum atomic E-state index is -3.07. The number of rotatable bonds is 5. The summed E-state index contributed by atoms with van der Waals surface area (Å²) in [4.78, 5) is 14.6. The van der Waals surface area contributed by atoms with E-state index < -0.39 is 10.0 Å². The Labute approximate surface area is 121 Å². The Hall–Kier alpha value is -0.620. The summed E-state index contributed by atoms with van der Waals surface area (Å²) in [6.07, 6.45) is 8.02. The summed E-state index contributed by atoms with van der Waals surface area (Å²) in [6, 6.07) is 0.867. The molecule has 2 saturated carbocycles. The summed E-state index contributed by atoms with van der Waals surface area (Å²) in [7, 11) is -3.07. The van der Waals surface area contributed by atoms with Gasteiger partial charge in [0.05, 0.1) is 5.75 Å². The number of sulfonamides is 1.